The average molecular weight is 349 g/mol. The number of hydrogen-bond acceptors (Lipinski definition) is 4. The Morgan fingerprint density at radius 2 is 1.64 bits per heavy atom. The predicted octanol–water partition coefficient (Wildman–Crippen LogP) is 4.40. The molecule has 1 aliphatic rings. The molecule has 140 valence electrons. The van der Waals surface area contributed by atoms with Crippen molar-refractivity contribution in [3.8, 4) is 0 Å². The highest BCUT2D eigenvalue weighted by Crippen LogP contribution is 2.21. The molecular formula is C20H31NO4. The lowest BCUT2D eigenvalue weighted by Gasteiger charge is -2.32. The molecule has 0 bridgehead atoms. The Labute approximate surface area is 151 Å². The largest absolute Gasteiger partial charge is 0.461 e. The summed E-state index contributed by atoms with van der Waals surface area (Å²) in [5, 5.41) is 0. The van der Waals surface area contributed by atoms with Crippen LogP contribution in [0.3, 0.4) is 0 Å². The van der Waals surface area contributed by atoms with Crippen LogP contribution < -0.4 is 0 Å². The maximum absolute atomic E-state index is 12.1. The molecule has 25 heavy (non-hydrogen) atoms. The van der Waals surface area contributed by atoms with E-state index in [1.54, 1.807) is 4.90 Å². The minimum atomic E-state index is -0.497. The van der Waals surface area contributed by atoms with Gasteiger partial charge in [-0.2, -0.15) is 0 Å². The average Bonchev–Trinajstić information content (AvgIpc) is 2.61. The van der Waals surface area contributed by atoms with Gasteiger partial charge < -0.3 is 14.4 Å². The van der Waals surface area contributed by atoms with E-state index in [2.05, 4.69) is 0 Å². The van der Waals surface area contributed by atoms with Crippen molar-refractivity contribution >= 4 is 12.1 Å². The van der Waals surface area contributed by atoms with E-state index >= 15 is 0 Å². The van der Waals surface area contributed by atoms with Crippen molar-refractivity contribution in [1.82, 2.24) is 4.90 Å². The second kappa shape index (κ2) is 10.1. The van der Waals surface area contributed by atoms with Crippen LogP contribution in [0.4, 0.5) is 4.79 Å². The van der Waals surface area contributed by atoms with Gasteiger partial charge in [0.25, 0.3) is 0 Å². The second-order valence-electron chi connectivity index (χ2n) is 6.83. The van der Waals surface area contributed by atoms with Gasteiger partial charge in [0, 0.05) is 13.1 Å². The minimum absolute atomic E-state index is 0.141. The van der Waals surface area contributed by atoms with E-state index in [4.69, 9.17) is 9.47 Å². The van der Waals surface area contributed by atoms with Gasteiger partial charge in [-0.25, -0.2) is 4.79 Å². The zero-order chi connectivity index (χ0) is 18.9. The van der Waals surface area contributed by atoms with Crippen LogP contribution >= 0.6 is 0 Å². The standard InChI is InChI=1S/C18H25NO4.C2H6/c1-18(2,3)23-17(21)19-11-9-15(10-12-19)16(20)22-13-14-7-5-4-6-8-14;1-2/h4-8,15H,9-13H2,1-3H3;1-2H3. The third-order valence-electron chi connectivity index (χ3n) is 3.70. The number of rotatable bonds is 3. The molecule has 5 heteroatoms. The van der Waals surface area contributed by atoms with Crippen LogP contribution in [0, 0.1) is 5.92 Å². The zero-order valence-corrected chi connectivity index (χ0v) is 16.1. The Kier molecular flexibility index (Phi) is 8.46. The number of amides is 1. The molecule has 1 saturated heterocycles. The van der Waals surface area contributed by atoms with Gasteiger partial charge in [0.1, 0.15) is 12.2 Å². The number of carbonyl (C=O) groups is 2. The fraction of sp³-hybridized carbons (Fsp3) is 0.600. The fourth-order valence-electron chi connectivity index (χ4n) is 2.47. The van der Waals surface area contributed by atoms with E-state index in [1.807, 2.05) is 65.0 Å². The SMILES string of the molecule is CC.CC(C)(C)OC(=O)N1CCC(C(=O)OCc2ccccc2)CC1. The van der Waals surface area contributed by atoms with Crippen LogP contribution in [-0.2, 0) is 20.9 Å². The number of carbonyl (C=O) groups excluding carboxylic acids is 2. The maximum Gasteiger partial charge on any atom is 0.410 e. The highest BCUT2D eigenvalue weighted by atomic mass is 16.6. The number of esters is 1. The van der Waals surface area contributed by atoms with Crippen molar-refractivity contribution in [2.75, 3.05) is 13.1 Å². The molecule has 0 aliphatic carbocycles. The van der Waals surface area contributed by atoms with Gasteiger partial charge in [-0.3, -0.25) is 4.79 Å². The van der Waals surface area contributed by atoms with Crippen molar-refractivity contribution in [1.29, 1.82) is 0 Å². The molecule has 1 amide bonds. The van der Waals surface area contributed by atoms with E-state index in [-0.39, 0.29) is 18.0 Å². The number of benzene rings is 1. The lowest BCUT2D eigenvalue weighted by Crippen LogP contribution is -2.43. The summed E-state index contributed by atoms with van der Waals surface area (Å²) in [6.45, 7) is 10.9. The molecule has 1 heterocycles. The molecule has 1 aliphatic heterocycles. The third-order valence-corrected chi connectivity index (χ3v) is 3.70. The molecule has 0 unspecified atom stereocenters. The van der Waals surface area contributed by atoms with E-state index in [0.717, 1.165) is 5.56 Å². The van der Waals surface area contributed by atoms with E-state index in [9.17, 15) is 9.59 Å². The molecule has 0 aromatic heterocycles. The number of nitrogens with zero attached hydrogens (tertiary/aromatic N) is 1. The van der Waals surface area contributed by atoms with Crippen LogP contribution in [0.25, 0.3) is 0 Å². The molecule has 0 radical (unpaired) electrons. The summed E-state index contributed by atoms with van der Waals surface area (Å²) in [7, 11) is 0. The molecule has 1 fully saturated rings. The first-order valence-electron chi connectivity index (χ1n) is 9.03. The molecule has 2 rings (SSSR count). The number of likely N-dealkylation sites (tertiary alicyclic amines) is 1. The second-order valence-corrected chi connectivity index (χ2v) is 6.83. The molecule has 0 saturated carbocycles. The van der Waals surface area contributed by atoms with Crippen LogP contribution in [0.1, 0.15) is 53.0 Å². The summed E-state index contributed by atoms with van der Waals surface area (Å²) < 4.78 is 10.7. The Morgan fingerprint density at radius 3 is 2.16 bits per heavy atom. The smallest absolute Gasteiger partial charge is 0.410 e. The monoisotopic (exact) mass is 349 g/mol. The Morgan fingerprint density at radius 1 is 1.08 bits per heavy atom. The van der Waals surface area contributed by atoms with E-state index < -0.39 is 5.60 Å². The summed E-state index contributed by atoms with van der Waals surface area (Å²) >= 11 is 0. The Balaban J connectivity index is 0.00000151. The summed E-state index contributed by atoms with van der Waals surface area (Å²) in [6.07, 6.45) is 0.924. The molecule has 0 atom stereocenters. The molecular weight excluding hydrogens is 318 g/mol. The van der Waals surface area contributed by atoms with E-state index in [1.165, 1.54) is 0 Å². The lowest BCUT2D eigenvalue weighted by molar-refractivity contribution is -0.151. The number of piperidine rings is 1. The van der Waals surface area contributed by atoms with Crippen molar-refractivity contribution in [2.45, 2.75) is 59.7 Å². The highest BCUT2D eigenvalue weighted by molar-refractivity contribution is 5.73. The van der Waals surface area contributed by atoms with Gasteiger partial charge in [-0.15, -0.1) is 0 Å². The van der Waals surface area contributed by atoms with Gasteiger partial charge in [-0.05, 0) is 39.2 Å². The molecule has 5 nitrogen and oxygen atoms in total. The van der Waals surface area contributed by atoms with Crippen LogP contribution in [0.5, 0.6) is 0 Å². The molecule has 1 aromatic carbocycles. The minimum Gasteiger partial charge on any atom is -0.461 e. The van der Waals surface area contributed by atoms with Gasteiger partial charge in [-0.1, -0.05) is 44.2 Å². The summed E-state index contributed by atoms with van der Waals surface area (Å²) in [5.41, 5.74) is 0.481. The quantitative estimate of drug-likeness (QED) is 0.759. The first-order chi connectivity index (χ1) is 11.8. The van der Waals surface area contributed by atoms with Gasteiger partial charge >= 0.3 is 12.1 Å². The van der Waals surface area contributed by atoms with Crippen LogP contribution in [-0.4, -0.2) is 35.7 Å². The Hall–Kier alpha value is -2.04. The van der Waals surface area contributed by atoms with Crippen LogP contribution in [0.2, 0.25) is 0 Å². The number of hydrogen-bond donors (Lipinski definition) is 0. The van der Waals surface area contributed by atoms with Crippen molar-refractivity contribution in [3.63, 3.8) is 0 Å². The first-order valence-corrected chi connectivity index (χ1v) is 9.03. The highest BCUT2D eigenvalue weighted by Gasteiger charge is 2.30. The molecule has 1 aromatic rings. The van der Waals surface area contributed by atoms with Crippen molar-refractivity contribution in [3.05, 3.63) is 35.9 Å². The zero-order valence-electron chi connectivity index (χ0n) is 16.1. The predicted molar refractivity (Wildman–Crippen MR) is 98.1 cm³/mol. The summed E-state index contributed by atoms with van der Waals surface area (Å²) in [5.74, 6) is -0.324. The van der Waals surface area contributed by atoms with Crippen molar-refractivity contribution < 1.29 is 19.1 Å². The van der Waals surface area contributed by atoms with Gasteiger partial charge in [0.2, 0.25) is 0 Å². The van der Waals surface area contributed by atoms with Gasteiger partial charge in [0.15, 0.2) is 0 Å². The van der Waals surface area contributed by atoms with E-state index in [0.29, 0.717) is 32.5 Å². The summed E-state index contributed by atoms with van der Waals surface area (Å²) in [4.78, 5) is 25.8. The lowest BCUT2D eigenvalue weighted by atomic mass is 9.97. The Bertz CT molecular complexity index is 528. The normalized spacial score (nSPS) is 15.0. The fourth-order valence-corrected chi connectivity index (χ4v) is 2.47. The third kappa shape index (κ3) is 7.59. The topological polar surface area (TPSA) is 55.8 Å². The summed E-state index contributed by atoms with van der Waals surface area (Å²) in [6, 6.07) is 9.62. The first kappa shape index (κ1) is 21.0. The number of ether oxygens (including phenoxy) is 2. The van der Waals surface area contributed by atoms with Crippen molar-refractivity contribution in [2.24, 2.45) is 5.92 Å². The maximum atomic E-state index is 12.1. The van der Waals surface area contributed by atoms with Gasteiger partial charge in [0.05, 0.1) is 5.92 Å². The molecule has 0 N–H and O–H groups in total. The van der Waals surface area contributed by atoms with Crippen LogP contribution in [0.15, 0.2) is 30.3 Å². The molecule has 0 spiro atoms.